The van der Waals surface area contributed by atoms with Gasteiger partial charge in [0.1, 0.15) is 0 Å². The molecule has 0 N–H and O–H groups in total. The van der Waals surface area contributed by atoms with Gasteiger partial charge in [0.05, 0.1) is 4.90 Å². The molecule has 20 heavy (non-hydrogen) atoms. The van der Waals surface area contributed by atoms with Gasteiger partial charge in [-0.05, 0) is 39.8 Å². The molecule has 0 radical (unpaired) electrons. The first kappa shape index (κ1) is 17.0. The molecule has 0 aliphatic carbocycles. The lowest BCUT2D eigenvalue weighted by Gasteiger charge is -2.34. The maximum atomic E-state index is 13.1. The van der Waals surface area contributed by atoms with E-state index >= 15 is 0 Å². The summed E-state index contributed by atoms with van der Waals surface area (Å²) >= 11 is 0. The fraction of sp³-hybridized carbons (Fsp3) is 0.571. The van der Waals surface area contributed by atoms with Crippen molar-refractivity contribution >= 4 is 10.0 Å². The van der Waals surface area contributed by atoms with Crippen molar-refractivity contribution in [1.29, 1.82) is 0 Å². The molecule has 0 unspecified atom stereocenters. The van der Waals surface area contributed by atoms with E-state index < -0.39 is 27.6 Å². The van der Waals surface area contributed by atoms with Crippen molar-refractivity contribution < 1.29 is 17.2 Å². The number of hydrogen-bond acceptors (Lipinski definition) is 2. The lowest BCUT2D eigenvalue weighted by Crippen LogP contribution is -2.45. The minimum absolute atomic E-state index is 0.225. The minimum atomic E-state index is -3.95. The molecule has 0 atom stereocenters. The Hall–Kier alpha value is -1.01. The van der Waals surface area contributed by atoms with Gasteiger partial charge in [0.15, 0.2) is 0 Å². The van der Waals surface area contributed by atoms with Crippen LogP contribution in [0.5, 0.6) is 0 Å². The van der Waals surface area contributed by atoms with E-state index in [0.717, 1.165) is 0 Å². The Morgan fingerprint density at radius 1 is 1.25 bits per heavy atom. The van der Waals surface area contributed by atoms with E-state index in [9.17, 15) is 17.2 Å². The van der Waals surface area contributed by atoms with E-state index in [2.05, 4.69) is 0 Å². The van der Waals surface area contributed by atoms with Crippen LogP contribution in [0.15, 0.2) is 23.1 Å². The van der Waals surface area contributed by atoms with Crippen LogP contribution < -0.4 is 0 Å². The highest BCUT2D eigenvalue weighted by molar-refractivity contribution is 7.89. The summed E-state index contributed by atoms with van der Waals surface area (Å²) in [6, 6.07) is 4.03. The van der Waals surface area contributed by atoms with Gasteiger partial charge in [0.2, 0.25) is 10.0 Å². The number of nitrogens with zero attached hydrogens (tertiary/aromatic N) is 1. The molecule has 0 spiro atoms. The molecule has 114 valence electrons. The Balaban J connectivity index is 3.50. The summed E-state index contributed by atoms with van der Waals surface area (Å²) < 4.78 is 52.7. The molecule has 0 bridgehead atoms. The van der Waals surface area contributed by atoms with Crippen LogP contribution in [0, 0.1) is 6.92 Å². The summed E-state index contributed by atoms with van der Waals surface area (Å²) in [5.74, 6) is 0. The van der Waals surface area contributed by atoms with Crippen molar-refractivity contribution in [3.63, 3.8) is 0 Å². The highest BCUT2D eigenvalue weighted by Gasteiger charge is 2.35. The Kier molecular flexibility index (Phi) is 4.92. The van der Waals surface area contributed by atoms with E-state index in [0.29, 0.717) is 5.56 Å². The van der Waals surface area contributed by atoms with E-state index in [-0.39, 0.29) is 11.4 Å². The fourth-order valence-corrected chi connectivity index (χ4v) is 4.18. The molecular weight excluding hydrogens is 284 g/mol. The topological polar surface area (TPSA) is 37.4 Å². The molecule has 3 nitrogen and oxygen atoms in total. The summed E-state index contributed by atoms with van der Waals surface area (Å²) in [7, 11) is -3.95. The summed E-state index contributed by atoms with van der Waals surface area (Å²) in [5, 5.41) is 0. The fourth-order valence-electron chi connectivity index (χ4n) is 2.20. The van der Waals surface area contributed by atoms with E-state index in [1.807, 2.05) is 0 Å². The zero-order valence-electron chi connectivity index (χ0n) is 12.4. The van der Waals surface area contributed by atoms with Crippen molar-refractivity contribution in [3.8, 4) is 0 Å². The van der Waals surface area contributed by atoms with Crippen LogP contribution >= 0.6 is 0 Å². The smallest absolute Gasteiger partial charge is 0.207 e. The number of rotatable bonds is 4. The highest BCUT2D eigenvalue weighted by Crippen LogP contribution is 2.32. The predicted molar refractivity (Wildman–Crippen MR) is 75.5 cm³/mol. The maximum Gasteiger partial charge on any atom is 0.265 e. The molecule has 0 amide bonds. The van der Waals surface area contributed by atoms with E-state index in [1.165, 1.54) is 22.5 Å². The lowest BCUT2D eigenvalue weighted by atomic mass is 10.1. The van der Waals surface area contributed by atoms with Gasteiger partial charge in [-0.2, -0.15) is 4.31 Å². The first-order valence-corrected chi connectivity index (χ1v) is 7.87. The third-order valence-electron chi connectivity index (χ3n) is 3.00. The first-order chi connectivity index (χ1) is 9.01. The molecule has 0 saturated heterocycles. The van der Waals surface area contributed by atoms with E-state index in [4.69, 9.17) is 0 Å². The zero-order chi connectivity index (χ0) is 15.7. The lowest BCUT2D eigenvalue weighted by molar-refractivity contribution is 0.147. The Morgan fingerprint density at radius 2 is 1.80 bits per heavy atom. The minimum Gasteiger partial charge on any atom is -0.207 e. The monoisotopic (exact) mass is 305 g/mol. The normalized spacial score (nSPS) is 13.2. The van der Waals surface area contributed by atoms with Crippen LogP contribution in [0.4, 0.5) is 8.78 Å². The van der Waals surface area contributed by atoms with Gasteiger partial charge < -0.3 is 0 Å². The molecule has 0 heterocycles. The number of hydrogen-bond donors (Lipinski definition) is 0. The average molecular weight is 305 g/mol. The number of benzene rings is 1. The molecule has 0 aromatic heterocycles. The molecule has 0 fully saturated rings. The van der Waals surface area contributed by atoms with Crippen LogP contribution in [-0.4, -0.2) is 24.8 Å². The second kappa shape index (κ2) is 5.77. The predicted octanol–water partition coefficient (Wildman–Crippen LogP) is 3.74. The van der Waals surface area contributed by atoms with Gasteiger partial charge in [-0.25, -0.2) is 17.2 Å². The largest absolute Gasteiger partial charge is 0.265 e. The van der Waals surface area contributed by atoms with E-state index in [1.54, 1.807) is 34.6 Å². The van der Waals surface area contributed by atoms with Crippen LogP contribution in [0.3, 0.4) is 0 Å². The second-order valence-electron chi connectivity index (χ2n) is 5.68. The highest BCUT2D eigenvalue weighted by atomic mass is 32.2. The van der Waals surface area contributed by atoms with Crippen LogP contribution in [-0.2, 0) is 10.0 Å². The van der Waals surface area contributed by atoms with Gasteiger partial charge >= 0.3 is 0 Å². The SMILES string of the molecule is CCN(C(C)(C)C)S(=O)(=O)c1ccc(C)cc1C(F)F. The standard InChI is InChI=1S/C14H21F2NO2S/c1-6-17(14(3,4)5)20(18,19)12-8-7-10(2)9-11(12)13(15)16/h7-9,13H,6H2,1-5H3. The average Bonchev–Trinajstić information content (AvgIpc) is 2.26. The second-order valence-corrected chi connectivity index (χ2v) is 7.51. The number of aryl methyl sites for hydroxylation is 1. The summed E-state index contributed by atoms with van der Waals surface area (Å²) in [5.41, 5.74) is -0.497. The van der Waals surface area contributed by atoms with Crippen LogP contribution in [0.2, 0.25) is 0 Å². The Bertz CT molecular complexity index is 577. The maximum absolute atomic E-state index is 13.1. The van der Waals surface area contributed by atoms with Crippen molar-refractivity contribution in [2.75, 3.05) is 6.54 Å². The number of halogens is 2. The quantitative estimate of drug-likeness (QED) is 0.849. The first-order valence-electron chi connectivity index (χ1n) is 6.43. The third-order valence-corrected chi connectivity index (χ3v) is 5.32. The molecular formula is C14H21F2NO2S. The third kappa shape index (κ3) is 3.35. The molecule has 6 heteroatoms. The van der Waals surface area contributed by atoms with Crippen molar-refractivity contribution in [2.45, 2.75) is 51.5 Å². The Morgan fingerprint density at radius 3 is 2.20 bits per heavy atom. The molecule has 1 aromatic carbocycles. The molecule has 0 saturated carbocycles. The van der Waals surface area contributed by atoms with Crippen molar-refractivity contribution in [2.24, 2.45) is 0 Å². The van der Waals surface area contributed by atoms with Gasteiger partial charge in [-0.1, -0.05) is 18.6 Å². The number of alkyl halides is 2. The zero-order valence-corrected chi connectivity index (χ0v) is 13.3. The van der Waals surface area contributed by atoms with Gasteiger partial charge in [-0.3, -0.25) is 0 Å². The Labute approximate surface area is 119 Å². The molecule has 0 aliphatic heterocycles. The van der Waals surface area contributed by atoms with Crippen molar-refractivity contribution in [1.82, 2.24) is 4.31 Å². The number of sulfonamides is 1. The van der Waals surface area contributed by atoms with Gasteiger partial charge in [-0.15, -0.1) is 0 Å². The van der Waals surface area contributed by atoms with Crippen LogP contribution in [0.25, 0.3) is 0 Å². The van der Waals surface area contributed by atoms with Crippen LogP contribution in [0.1, 0.15) is 45.2 Å². The van der Waals surface area contributed by atoms with Crippen molar-refractivity contribution in [3.05, 3.63) is 29.3 Å². The molecule has 1 rings (SSSR count). The van der Waals surface area contributed by atoms with Gasteiger partial charge in [0.25, 0.3) is 6.43 Å². The molecule has 0 aliphatic rings. The molecule has 1 aromatic rings. The summed E-state index contributed by atoms with van der Waals surface area (Å²) in [4.78, 5) is -0.310. The summed E-state index contributed by atoms with van der Waals surface area (Å²) in [6.45, 7) is 8.80. The van der Waals surface area contributed by atoms with Gasteiger partial charge in [0, 0.05) is 17.6 Å². The summed E-state index contributed by atoms with van der Waals surface area (Å²) in [6.07, 6.45) is -2.82.